The van der Waals surface area contributed by atoms with Crippen LogP contribution < -0.4 is 11.1 Å². The number of hydrogen-bond acceptors (Lipinski definition) is 5. The molecule has 0 spiro atoms. The summed E-state index contributed by atoms with van der Waals surface area (Å²) in [5.74, 6) is -2.56. The molecule has 4 N–H and O–H groups in total. The summed E-state index contributed by atoms with van der Waals surface area (Å²) in [6.45, 7) is 0.416. The van der Waals surface area contributed by atoms with Crippen LogP contribution >= 0.6 is 11.6 Å². The van der Waals surface area contributed by atoms with E-state index in [1.807, 2.05) is 5.32 Å². The standard InChI is InChI=1S/C24H24ClF4N5O3/c1-3-33(22(36)19-14(2)5-4-6-18(19)25)13-23(37,24(27,28)29)12-31-21(35)17-11-32-34(20(17)30)16-9-7-15(26)8-10-16/h4-11,37H,3,12-13,30H2,1-2H3,(H,31,35)/t23-/m0/s1. The largest absolute Gasteiger partial charge is 0.420 e. The first-order valence-electron chi connectivity index (χ1n) is 11.0. The maximum Gasteiger partial charge on any atom is 0.420 e. The number of aryl methyl sites for hydroxylation is 1. The van der Waals surface area contributed by atoms with Gasteiger partial charge in [-0.3, -0.25) is 9.59 Å². The van der Waals surface area contributed by atoms with Crippen LogP contribution in [0.4, 0.5) is 23.4 Å². The van der Waals surface area contributed by atoms with Crippen LogP contribution in [0.25, 0.3) is 5.69 Å². The van der Waals surface area contributed by atoms with Gasteiger partial charge in [0, 0.05) is 6.54 Å². The molecule has 1 atom stereocenters. The molecule has 0 saturated carbocycles. The molecule has 0 fully saturated rings. The molecule has 1 aromatic heterocycles. The zero-order chi connectivity index (χ0) is 27.5. The fourth-order valence-corrected chi connectivity index (χ4v) is 3.89. The average Bonchev–Trinajstić information content (AvgIpc) is 3.21. The van der Waals surface area contributed by atoms with Gasteiger partial charge < -0.3 is 21.1 Å². The lowest BCUT2D eigenvalue weighted by atomic mass is 10.0. The molecular formula is C24H24ClF4N5O3. The minimum absolute atomic E-state index is 0.0144. The summed E-state index contributed by atoms with van der Waals surface area (Å²) in [5, 5.41) is 16.6. The van der Waals surface area contributed by atoms with E-state index in [0.29, 0.717) is 11.3 Å². The normalized spacial score (nSPS) is 13.2. The van der Waals surface area contributed by atoms with Gasteiger partial charge in [-0.15, -0.1) is 0 Å². The number of nitrogen functional groups attached to an aromatic ring is 1. The molecule has 0 aliphatic heterocycles. The van der Waals surface area contributed by atoms with Gasteiger partial charge in [-0.2, -0.15) is 18.3 Å². The van der Waals surface area contributed by atoms with E-state index in [2.05, 4.69) is 5.10 Å². The Labute approximate surface area is 214 Å². The number of aliphatic hydroxyl groups is 1. The number of likely N-dealkylation sites (N-methyl/N-ethyl adjacent to an activating group) is 1. The molecule has 13 heteroatoms. The number of nitrogens with zero attached hydrogens (tertiary/aromatic N) is 3. The summed E-state index contributed by atoms with van der Waals surface area (Å²) in [6.07, 6.45) is -4.18. The SMILES string of the molecule is CCN(C[C@@](O)(CNC(=O)c1cnn(-c2ccc(F)cc2)c1N)C(F)(F)F)C(=O)c1c(C)cccc1Cl. The predicted octanol–water partition coefficient (Wildman–Crippen LogP) is 3.74. The zero-order valence-corrected chi connectivity index (χ0v) is 20.6. The third kappa shape index (κ3) is 5.86. The highest BCUT2D eigenvalue weighted by atomic mass is 35.5. The predicted molar refractivity (Wildman–Crippen MR) is 129 cm³/mol. The molecule has 0 saturated heterocycles. The number of hydrogen-bond donors (Lipinski definition) is 3. The molecule has 1 heterocycles. The van der Waals surface area contributed by atoms with Gasteiger partial charge in [-0.05, 0) is 49.7 Å². The van der Waals surface area contributed by atoms with Crippen molar-refractivity contribution >= 4 is 29.2 Å². The van der Waals surface area contributed by atoms with Gasteiger partial charge in [0.15, 0.2) is 5.60 Å². The van der Waals surface area contributed by atoms with E-state index in [1.54, 1.807) is 19.1 Å². The number of halogens is 5. The van der Waals surface area contributed by atoms with Gasteiger partial charge >= 0.3 is 6.18 Å². The second-order valence-corrected chi connectivity index (χ2v) is 8.70. The van der Waals surface area contributed by atoms with Gasteiger partial charge in [0.05, 0.1) is 35.6 Å². The van der Waals surface area contributed by atoms with Crippen molar-refractivity contribution in [2.24, 2.45) is 0 Å². The van der Waals surface area contributed by atoms with E-state index in [0.717, 1.165) is 27.9 Å². The summed E-state index contributed by atoms with van der Waals surface area (Å²) < 4.78 is 56.2. The Morgan fingerprint density at radius 3 is 2.41 bits per heavy atom. The van der Waals surface area contributed by atoms with Gasteiger partial charge in [-0.25, -0.2) is 9.07 Å². The van der Waals surface area contributed by atoms with E-state index in [1.165, 1.54) is 25.1 Å². The Bertz CT molecular complexity index is 1280. The average molecular weight is 542 g/mol. The third-order valence-electron chi connectivity index (χ3n) is 5.75. The van der Waals surface area contributed by atoms with Gasteiger partial charge in [0.2, 0.25) is 0 Å². The summed E-state index contributed by atoms with van der Waals surface area (Å²) in [5.41, 5.74) is 2.96. The Morgan fingerprint density at radius 2 is 1.84 bits per heavy atom. The lowest BCUT2D eigenvalue weighted by molar-refractivity contribution is -0.259. The van der Waals surface area contributed by atoms with Crippen LogP contribution in [0.2, 0.25) is 5.02 Å². The molecule has 3 rings (SSSR count). The lowest BCUT2D eigenvalue weighted by Gasteiger charge is -2.35. The summed E-state index contributed by atoms with van der Waals surface area (Å²) in [6, 6.07) is 9.59. The van der Waals surface area contributed by atoms with Crippen LogP contribution in [-0.2, 0) is 0 Å². The molecule has 0 bridgehead atoms. The molecule has 2 aromatic carbocycles. The number of nitrogens with one attached hydrogen (secondary N) is 1. The highest BCUT2D eigenvalue weighted by molar-refractivity contribution is 6.34. The molecular weight excluding hydrogens is 518 g/mol. The van der Waals surface area contributed by atoms with Crippen molar-refractivity contribution in [1.82, 2.24) is 20.0 Å². The van der Waals surface area contributed by atoms with Crippen LogP contribution in [0.3, 0.4) is 0 Å². The quantitative estimate of drug-likeness (QED) is 0.376. The first-order valence-corrected chi connectivity index (χ1v) is 11.4. The van der Waals surface area contributed by atoms with E-state index >= 15 is 0 Å². The van der Waals surface area contributed by atoms with Gasteiger partial charge in [-0.1, -0.05) is 23.7 Å². The lowest BCUT2D eigenvalue weighted by Crippen LogP contribution is -2.60. The Morgan fingerprint density at radius 1 is 1.19 bits per heavy atom. The number of aromatic nitrogens is 2. The van der Waals surface area contributed by atoms with Crippen molar-refractivity contribution < 1.29 is 32.3 Å². The van der Waals surface area contributed by atoms with Gasteiger partial charge in [0.25, 0.3) is 11.8 Å². The van der Waals surface area contributed by atoms with Crippen molar-refractivity contribution in [3.63, 3.8) is 0 Å². The number of anilines is 1. The number of carbonyl (C=O) groups is 2. The molecule has 0 radical (unpaired) electrons. The first kappa shape index (κ1) is 27.9. The molecule has 8 nitrogen and oxygen atoms in total. The summed E-state index contributed by atoms with van der Waals surface area (Å²) in [7, 11) is 0. The van der Waals surface area contributed by atoms with E-state index in [9.17, 15) is 32.3 Å². The van der Waals surface area contributed by atoms with Crippen LogP contribution in [0.15, 0.2) is 48.7 Å². The number of benzene rings is 2. The van der Waals surface area contributed by atoms with E-state index < -0.39 is 42.5 Å². The minimum Gasteiger partial charge on any atom is -0.383 e. The van der Waals surface area contributed by atoms with Crippen LogP contribution in [0.5, 0.6) is 0 Å². The van der Waals surface area contributed by atoms with E-state index in [4.69, 9.17) is 17.3 Å². The van der Waals surface area contributed by atoms with Crippen molar-refractivity contribution in [3.8, 4) is 5.69 Å². The van der Waals surface area contributed by atoms with Crippen molar-refractivity contribution in [2.45, 2.75) is 25.6 Å². The first-order chi connectivity index (χ1) is 17.3. The number of carbonyl (C=O) groups excluding carboxylic acids is 2. The van der Waals surface area contributed by atoms with Gasteiger partial charge in [0.1, 0.15) is 17.2 Å². The smallest absolute Gasteiger partial charge is 0.383 e. The van der Waals surface area contributed by atoms with Crippen molar-refractivity contribution in [2.75, 3.05) is 25.4 Å². The molecule has 0 unspecified atom stereocenters. The maximum absolute atomic E-state index is 14.0. The topological polar surface area (TPSA) is 113 Å². The summed E-state index contributed by atoms with van der Waals surface area (Å²) >= 11 is 6.10. The zero-order valence-electron chi connectivity index (χ0n) is 19.8. The van der Waals surface area contributed by atoms with E-state index in [-0.39, 0.29) is 28.5 Å². The fraction of sp³-hybridized carbons (Fsp3) is 0.292. The summed E-state index contributed by atoms with van der Waals surface area (Å²) in [4.78, 5) is 26.5. The number of alkyl halides is 3. The second-order valence-electron chi connectivity index (χ2n) is 8.29. The number of nitrogens with two attached hydrogens (primary N) is 1. The molecule has 0 aliphatic rings. The Hall–Kier alpha value is -3.64. The van der Waals surface area contributed by atoms with Crippen molar-refractivity contribution in [3.05, 3.63) is 76.2 Å². The fourth-order valence-electron chi connectivity index (χ4n) is 3.59. The molecule has 2 amide bonds. The minimum atomic E-state index is -5.21. The van der Waals surface area contributed by atoms with Crippen LogP contribution in [-0.4, -0.2) is 63.0 Å². The Balaban J connectivity index is 1.81. The highest BCUT2D eigenvalue weighted by Crippen LogP contribution is 2.32. The molecule has 3 aromatic rings. The third-order valence-corrected chi connectivity index (χ3v) is 6.06. The van der Waals surface area contributed by atoms with Crippen LogP contribution in [0.1, 0.15) is 33.2 Å². The molecule has 37 heavy (non-hydrogen) atoms. The number of rotatable bonds is 8. The molecule has 0 aliphatic carbocycles. The number of amides is 2. The van der Waals surface area contributed by atoms with Crippen molar-refractivity contribution in [1.29, 1.82) is 0 Å². The highest BCUT2D eigenvalue weighted by Gasteiger charge is 2.55. The Kier molecular flexibility index (Phi) is 8.13. The maximum atomic E-state index is 14.0. The second kappa shape index (κ2) is 10.8. The van der Waals surface area contributed by atoms with Crippen LogP contribution in [0, 0.1) is 12.7 Å². The monoisotopic (exact) mass is 541 g/mol. The molecule has 198 valence electrons.